The van der Waals surface area contributed by atoms with E-state index >= 15 is 0 Å². The molecule has 0 bridgehead atoms. The third-order valence-corrected chi connectivity index (χ3v) is 8.67. The Hall–Kier alpha value is -0.730. The van der Waals surface area contributed by atoms with Gasteiger partial charge < -0.3 is 15.0 Å². The molecular formula is C25H47N5O2. The Balaban J connectivity index is 1.06. The van der Waals surface area contributed by atoms with Crippen molar-refractivity contribution >= 4 is 5.91 Å². The van der Waals surface area contributed by atoms with Gasteiger partial charge in [-0.05, 0) is 88.5 Å². The third-order valence-electron chi connectivity index (χ3n) is 8.67. The minimum atomic E-state index is 0.106. The summed E-state index contributed by atoms with van der Waals surface area (Å²) in [5.74, 6) is 2.58. The van der Waals surface area contributed by atoms with Crippen LogP contribution in [-0.4, -0.2) is 75.1 Å². The van der Waals surface area contributed by atoms with Crippen LogP contribution in [0, 0.1) is 17.8 Å². The monoisotopic (exact) mass is 449 g/mol. The average molecular weight is 450 g/mol. The van der Waals surface area contributed by atoms with Crippen LogP contribution in [0.15, 0.2) is 0 Å². The smallest absolute Gasteiger partial charge is 0.217 e. The minimum absolute atomic E-state index is 0.106. The van der Waals surface area contributed by atoms with Gasteiger partial charge >= 0.3 is 0 Å². The molecule has 4 rings (SSSR count). The van der Waals surface area contributed by atoms with Crippen LogP contribution in [0.5, 0.6) is 0 Å². The quantitative estimate of drug-likeness (QED) is 0.454. The molecule has 0 aromatic carbocycles. The molecule has 2 aliphatic heterocycles. The van der Waals surface area contributed by atoms with Gasteiger partial charge in [0.25, 0.3) is 0 Å². The van der Waals surface area contributed by atoms with Gasteiger partial charge in [0.1, 0.15) is 6.29 Å². The van der Waals surface area contributed by atoms with Crippen molar-refractivity contribution in [2.45, 2.75) is 95.6 Å². The maximum absolute atomic E-state index is 11.2. The number of nitrogens with one attached hydrogen (secondary N) is 4. The molecule has 2 aliphatic carbocycles. The molecule has 0 spiro atoms. The van der Waals surface area contributed by atoms with Gasteiger partial charge in [0, 0.05) is 52.3 Å². The van der Waals surface area contributed by atoms with Gasteiger partial charge in [0.15, 0.2) is 0 Å². The highest BCUT2D eigenvalue weighted by Gasteiger charge is 2.32. The predicted molar refractivity (Wildman–Crippen MR) is 128 cm³/mol. The second-order valence-electron chi connectivity index (χ2n) is 10.9. The van der Waals surface area contributed by atoms with Crippen molar-refractivity contribution < 1.29 is 9.53 Å². The first kappa shape index (κ1) is 24.4. The first-order valence-corrected chi connectivity index (χ1v) is 13.3. The van der Waals surface area contributed by atoms with Crippen molar-refractivity contribution in [1.82, 2.24) is 26.2 Å². The Kier molecular flexibility index (Phi) is 9.23. The lowest BCUT2D eigenvalue weighted by atomic mass is 9.78. The highest BCUT2D eigenvalue weighted by Crippen LogP contribution is 2.32. The van der Waals surface area contributed by atoms with E-state index in [9.17, 15) is 4.79 Å². The molecule has 4 aliphatic rings. The first-order valence-electron chi connectivity index (χ1n) is 13.3. The number of hydrogen-bond acceptors (Lipinski definition) is 6. The fourth-order valence-electron chi connectivity index (χ4n) is 6.59. The van der Waals surface area contributed by atoms with E-state index in [1.54, 1.807) is 6.92 Å². The summed E-state index contributed by atoms with van der Waals surface area (Å²) in [6.45, 7) is 7.26. The molecule has 32 heavy (non-hydrogen) atoms. The second-order valence-corrected chi connectivity index (χ2v) is 10.9. The molecule has 2 saturated carbocycles. The normalized spacial score (nSPS) is 39.1. The van der Waals surface area contributed by atoms with Gasteiger partial charge in [-0.3, -0.25) is 20.7 Å². The van der Waals surface area contributed by atoms with E-state index in [4.69, 9.17) is 4.74 Å². The molecule has 2 saturated heterocycles. The topological polar surface area (TPSA) is 77.7 Å². The lowest BCUT2D eigenvalue weighted by Crippen LogP contribution is -2.63. The highest BCUT2D eigenvalue weighted by molar-refractivity contribution is 5.73. The molecule has 0 radical (unpaired) electrons. The molecule has 7 heteroatoms. The summed E-state index contributed by atoms with van der Waals surface area (Å²) in [5, 5.41) is 14.4. The van der Waals surface area contributed by atoms with Gasteiger partial charge in [0.2, 0.25) is 5.91 Å². The number of hydrogen-bond donors (Lipinski definition) is 4. The Morgan fingerprint density at radius 1 is 0.938 bits per heavy atom. The number of methoxy groups -OCH3 is 1. The summed E-state index contributed by atoms with van der Waals surface area (Å²) < 4.78 is 5.54. The second kappa shape index (κ2) is 12.1. The predicted octanol–water partition coefficient (Wildman–Crippen LogP) is 2.03. The van der Waals surface area contributed by atoms with E-state index in [0.29, 0.717) is 18.2 Å². The van der Waals surface area contributed by atoms with Crippen LogP contribution in [-0.2, 0) is 9.53 Å². The molecule has 2 heterocycles. The lowest BCUT2D eigenvalue weighted by Gasteiger charge is -2.40. The van der Waals surface area contributed by atoms with Gasteiger partial charge in [-0.25, -0.2) is 0 Å². The first-order chi connectivity index (χ1) is 15.6. The molecule has 4 fully saturated rings. The largest absolute Gasteiger partial charge is 0.381 e. The zero-order valence-electron chi connectivity index (χ0n) is 20.4. The van der Waals surface area contributed by atoms with E-state index in [0.717, 1.165) is 50.4 Å². The summed E-state index contributed by atoms with van der Waals surface area (Å²) in [6.07, 6.45) is 13.6. The van der Waals surface area contributed by atoms with Crippen molar-refractivity contribution in [2.24, 2.45) is 17.8 Å². The van der Waals surface area contributed by atoms with Crippen LogP contribution in [0.25, 0.3) is 0 Å². The van der Waals surface area contributed by atoms with Crippen molar-refractivity contribution in [3.8, 4) is 0 Å². The maximum Gasteiger partial charge on any atom is 0.217 e. The standard InChI is InChI=1S/C25H47N5O2/c1-18(31)28-23-12-14-30(17-23)13-11-19-3-7-22(8-4-19)29-25-26-15-21(16-27-25)20-5-9-24(32-2)10-6-20/h19-27,29H,3-17H2,1-2H3,(H,28,31). The number of carbonyl (C=O) groups excluding carboxylic acids is 1. The fraction of sp³-hybridized carbons (Fsp3) is 0.960. The average Bonchev–Trinajstić information content (AvgIpc) is 3.26. The Labute approximate surface area is 195 Å². The summed E-state index contributed by atoms with van der Waals surface area (Å²) in [4.78, 5) is 13.8. The third kappa shape index (κ3) is 7.13. The molecule has 0 aromatic rings. The number of ether oxygens (including phenoxy) is 1. The number of nitrogens with zero attached hydrogens (tertiary/aromatic N) is 1. The molecule has 1 atom stereocenters. The lowest BCUT2D eigenvalue weighted by molar-refractivity contribution is -0.119. The zero-order valence-corrected chi connectivity index (χ0v) is 20.4. The van der Waals surface area contributed by atoms with Gasteiger partial charge in [-0.1, -0.05) is 0 Å². The van der Waals surface area contributed by atoms with Crippen LogP contribution in [0.3, 0.4) is 0 Å². The number of likely N-dealkylation sites (tertiary alicyclic amines) is 1. The van der Waals surface area contributed by atoms with Crippen molar-refractivity contribution in [2.75, 3.05) is 39.8 Å². The Bertz CT molecular complexity index is 567. The van der Waals surface area contributed by atoms with Crippen molar-refractivity contribution in [3.63, 3.8) is 0 Å². The molecule has 7 nitrogen and oxygen atoms in total. The van der Waals surface area contributed by atoms with Crippen molar-refractivity contribution in [3.05, 3.63) is 0 Å². The number of amides is 1. The van der Waals surface area contributed by atoms with Crippen LogP contribution in [0.2, 0.25) is 0 Å². The summed E-state index contributed by atoms with van der Waals surface area (Å²) in [5.41, 5.74) is 0. The molecule has 0 aromatic heterocycles. The Morgan fingerprint density at radius 2 is 1.66 bits per heavy atom. The number of rotatable bonds is 8. The van der Waals surface area contributed by atoms with Crippen LogP contribution >= 0.6 is 0 Å². The summed E-state index contributed by atoms with van der Waals surface area (Å²) in [7, 11) is 1.86. The molecule has 1 unspecified atom stereocenters. The molecule has 4 N–H and O–H groups in total. The van der Waals surface area contributed by atoms with E-state index in [1.165, 1.54) is 64.3 Å². The van der Waals surface area contributed by atoms with Gasteiger partial charge in [-0.15, -0.1) is 0 Å². The van der Waals surface area contributed by atoms with Crippen LogP contribution < -0.4 is 21.3 Å². The van der Waals surface area contributed by atoms with E-state index in [-0.39, 0.29) is 12.2 Å². The van der Waals surface area contributed by atoms with Crippen molar-refractivity contribution in [1.29, 1.82) is 0 Å². The van der Waals surface area contributed by atoms with E-state index < -0.39 is 0 Å². The van der Waals surface area contributed by atoms with E-state index in [2.05, 4.69) is 26.2 Å². The molecule has 1 amide bonds. The van der Waals surface area contributed by atoms with Crippen LogP contribution in [0.4, 0.5) is 0 Å². The SMILES string of the molecule is COC1CCC(C2CNC(NC3CCC(CCN4CCC(NC(C)=O)C4)CC3)NC2)CC1. The van der Waals surface area contributed by atoms with E-state index in [1.807, 2.05) is 7.11 Å². The zero-order chi connectivity index (χ0) is 22.3. The minimum Gasteiger partial charge on any atom is -0.381 e. The molecular weight excluding hydrogens is 402 g/mol. The van der Waals surface area contributed by atoms with Gasteiger partial charge in [0.05, 0.1) is 6.10 Å². The van der Waals surface area contributed by atoms with Crippen LogP contribution in [0.1, 0.15) is 71.1 Å². The van der Waals surface area contributed by atoms with Gasteiger partial charge in [-0.2, -0.15) is 0 Å². The summed E-state index contributed by atoms with van der Waals surface area (Å²) >= 11 is 0. The fourth-order valence-corrected chi connectivity index (χ4v) is 6.59. The number of carbonyl (C=O) groups is 1. The highest BCUT2D eigenvalue weighted by atomic mass is 16.5. The molecule has 184 valence electrons. The Morgan fingerprint density at radius 3 is 2.31 bits per heavy atom. The maximum atomic E-state index is 11.2. The summed E-state index contributed by atoms with van der Waals surface area (Å²) in [6, 6.07) is 1.00.